The van der Waals surface area contributed by atoms with Crippen molar-refractivity contribution in [3.8, 4) is 0 Å². The maximum atomic E-state index is 14.8. The fourth-order valence-electron chi connectivity index (χ4n) is 6.19. The first-order valence-corrected chi connectivity index (χ1v) is 18.1. The molecule has 5 aromatic rings. The largest absolute Gasteiger partial charge is 0.375 e. The molecule has 0 bridgehead atoms. The number of ether oxygens (including phenoxy) is 4. The van der Waals surface area contributed by atoms with Crippen LogP contribution >= 0.6 is 0 Å². The molecular weight excluding hydrogens is 635 g/mol. The van der Waals surface area contributed by atoms with Gasteiger partial charge in [0.25, 0.3) is 0 Å². The molecule has 0 saturated carbocycles. The smallest absolute Gasteiger partial charge is 0.243 e. The van der Waals surface area contributed by atoms with Crippen molar-refractivity contribution in [2.45, 2.75) is 62.5 Å². The van der Waals surface area contributed by atoms with Crippen LogP contribution in [0.2, 0.25) is 0 Å². The Morgan fingerprint density at radius 3 is 1.20 bits per heavy atom. The Hall–Kier alpha value is -4.15. The van der Waals surface area contributed by atoms with Gasteiger partial charge in [0, 0.05) is 0 Å². The van der Waals surface area contributed by atoms with Gasteiger partial charge in [0.05, 0.1) is 56.6 Å². The minimum Gasteiger partial charge on any atom is -0.375 e. The van der Waals surface area contributed by atoms with Crippen molar-refractivity contribution >= 4 is 10.0 Å². The molecule has 5 aromatic carbocycles. The van der Waals surface area contributed by atoms with E-state index in [4.69, 9.17) is 18.9 Å². The third-order valence-electron chi connectivity index (χ3n) is 8.70. The average molecular weight is 678 g/mol. The van der Waals surface area contributed by atoms with Gasteiger partial charge in [-0.05, 0) is 41.3 Å². The van der Waals surface area contributed by atoms with Gasteiger partial charge in [-0.15, -0.1) is 0 Å². The highest BCUT2D eigenvalue weighted by Crippen LogP contribution is 2.37. The van der Waals surface area contributed by atoms with Crippen LogP contribution in [0, 0.1) is 6.92 Å². The highest BCUT2D eigenvalue weighted by molar-refractivity contribution is 7.89. The Kier molecular flexibility index (Phi) is 12.0. The standard InChI is InChI=1S/C41H43NO6S/c1-32-22-24-37(25-23-32)49(43,44)42-38(30-45-26-33-14-6-2-7-15-33)40(47-28-35-18-10-4-11-19-35)41(48-29-36-20-12-5-13-21-36)39(42)31-46-27-34-16-8-3-9-17-34/h2-25,38-41H,26-31H2,1H3/t38-,39+,40-,41-/m1/s1. The summed E-state index contributed by atoms with van der Waals surface area (Å²) in [5.74, 6) is 0. The summed E-state index contributed by atoms with van der Waals surface area (Å²) in [5.41, 5.74) is 4.92. The lowest BCUT2D eigenvalue weighted by Gasteiger charge is -2.30. The summed E-state index contributed by atoms with van der Waals surface area (Å²) in [4.78, 5) is 0.199. The highest BCUT2D eigenvalue weighted by Gasteiger charge is 2.55. The predicted molar refractivity (Wildman–Crippen MR) is 190 cm³/mol. The van der Waals surface area contributed by atoms with Crippen LogP contribution in [-0.2, 0) is 55.4 Å². The van der Waals surface area contributed by atoms with E-state index in [1.54, 1.807) is 16.4 Å². The molecule has 4 atom stereocenters. The first-order valence-electron chi connectivity index (χ1n) is 16.6. The van der Waals surface area contributed by atoms with Gasteiger partial charge in [0.15, 0.2) is 0 Å². The molecule has 1 saturated heterocycles. The molecule has 0 aliphatic carbocycles. The monoisotopic (exact) mass is 677 g/mol. The second-order valence-electron chi connectivity index (χ2n) is 12.3. The van der Waals surface area contributed by atoms with E-state index >= 15 is 0 Å². The molecular formula is C41H43NO6S. The quantitative estimate of drug-likeness (QED) is 0.109. The van der Waals surface area contributed by atoms with Crippen molar-refractivity contribution in [3.63, 3.8) is 0 Å². The summed E-state index contributed by atoms with van der Waals surface area (Å²) in [6.45, 7) is 3.34. The maximum Gasteiger partial charge on any atom is 0.243 e. The first kappa shape index (κ1) is 34.7. The van der Waals surface area contributed by atoms with Crippen LogP contribution in [-0.4, -0.2) is 50.2 Å². The molecule has 7 nitrogen and oxygen atoms in total. The van der Waals surface area contributed by atoms with E-state index in [-0.39, 0.29) is 31.3 Å². The summed E-state index contributed by atoms with van der Waals surface area (Å²) in [6, 6.07) is 45.0. The average Bonchev–Trinajstić information content (AvgIpc) is 3.44. The zero-order valence-electron chi connectivity index (χ0n) is 27.7. The number of hydrogen-bond acceptors (Lipinski definition) is 6. The van der Waals surface area contributed by atoms with Crippen molar-refractivity contribution < 1.29 is 27.4 Å². The van der Waals surface area contributed by atoms with Crippen LogP contribution in [0.4, 0.5) is 0 Å². The summed E-state index contributed by atoms with van der Waals surface area (Å²) in [7, 11) is -4.06. The maximum absolute atomic E-state index is 14.8. The lowest BCUT2D eigenvalue weighted by atomic mass is 10.1. The fraction of sp³-hybridized carbons (Fsp3) is 0.268. The van der Waals surface area contributed by atoms with Gasteiger partial charge in [-0.1, -0.05) is 139 Å². The summed E-state index contributed by atoms with van der Waals surface area (Å²) in [5, 5.41) is 0. The lowest BCUT2D eigenvalue weighted by molar-refractivity contribution is -0.0914. The molecule has 0 N–H and O–H groups in total. The minimum absolute atomic E-state index is 0.0970. The van der Waals surface area contributed by atoms with Gasteiger partial charge in [0.1, 0.15) is 12.2 Å². The van der Waals surface area contributed by atoms with Crippen LogP contribution < -0.4 is 0 Å². The number of aryl methyl sites for hydroxylation is 1. The fourth-order valence-corrected chi connectivity index (χ4v) is 7.99. The van der Waals surface area contributed by atoms with Crippen LogP contribution in [0.1, 0.15) is 27.8 Å². The topological polar surface area (TPSA) is 74.3 Å². The van der Waals surface area contributed by atoms with Crippen molar-refractivity contribution in [3.05, 3.63) is 173 Å². The highest BCUT2D eigenvalue weighted by atomic mass is 32.2. The molecule has 1 fully saturated rings. The number of benzene rings is 5. The van der Waals surface area contributed by atoms with E-state index in [2.05, 4.69) is 0 Å². The summed E-state index contributed by atoms with van der Waals surface area (Å²) in [6.07, 6.45) is -1.32. The Labute approximate surface area is 290 Å². The van der Waals surface area contributed by atoms with E-state index in [0.717, 1.165) is 27.8 Å². The predicted octanol–water partition coefficient (Wildman–Crippen LogP) is 7.34. The third-order valence-corrected chi connectivity index (χ3v) is 10.7. The molecule has 0 radical (unpaired) electrons. The normalized spacial score (nSPS) is 19.6. The van der Waals surface area contributed by atoms with Crippen LogP contribution in [0.3, 0.4) is 0 Å². The van der Waals surface area contributed by atoms with E-state index in [9.17, 15) is 8.42 Å². The Bertz CT molecular complexity index is 1710. The first-order chi connectivity index (χ1) is 24.0. The zero-order valence-corrected chi connectivity index (χ0v) is 28.5. The molecule has 6 rings (SSSR count). The van der Waals surface area contributed by atoms with E-state index < -0.39 is 34.3 Å². The molecule has 49 heavy (non-hydrogen) atoms. The lowest BCUT2D eigenvalue weighted by Crippen LogP contribution is -2.47. The Morgan fingerprint density at radius 2 is 0.837 bits per heavy atom. The molecule has 0 unspecified atom stereocenters. The van der Waals surface area contributed by atoms with Crippen LogP contribution in [0.15, 0.2) is 150 Å². The number of hydrogen-bond donors (Lipinski definition) is 0. The van der Waals surface area contributed by atoms with E-state index in [1.165, 1.54) is 0 Å². The van der Waals surface area contributed by atoms with Gasteiger partial charge in [-0.25, -0.2) is 8.42 Å². The van der Waals surface area contributed by atoms with Crippen molar-refractivity contribution in [1.82, 2.24) is 4.31 Å². The molecule has 1 heterocycles. The Morgan fingerprint density at radius 1 is 0.490 bits per heavy atom. The van der Waals surface area contributed by atoms with Crippen LogP contribution in [0.5, 0.6) is 0 Å². The van der Waals surface area contributed by atoms with E-state index in [1.807, 2.05) is 140 Å². The van der Waals surface area contributed by atoms with Gasteiger partial charge in [-0.3, -0.25) is 0 Å². The minimum atomic E-state index is -4.06. The number of rotatable bonds is 16. The van der Waals surface area contributed by atoms with Gasteiger partial charge < -0.3 is 18.9 Å². The molecule has 0 aromatic heterocycles. The van der Waals surface area contributed by atoms with E-state index in [0.29, 0.717) is 13.2 Å². The molecule has 1 aliphatic heterocycles. The summed E-state index contributed by atoms with van der Waals surface area (Å²) >= 11 is 0. The van der Waals surface area contributed by atoms with Crippen molar-refractivity contribution in [2.24, 2.45) is 0 Å². The molecule has 0 spiro atoms. The second-order valence-corrected chi connectivity index (χ2v) is 14.1. The Balaban J connectivity index is 1.38. The van der Waals surface area contributed by atoms with Crippen LogP contribution in [0.25, 0.3) is 0 Å². The number of sulfonamides is 1. The van der Waals surface area contributed by atoms with Crippen molar-refractivity contribution in [2.75, 3.05) is 13.2 Å². The number of nitrogens with zero attached hydrogens (tertiary/aromatic N) is 1. The third kappa shape index (κ3) is 9.10. The second kappa shape index (κ2) is 17.0. The van der Waals surface area contributed by atoms with Crippen molar-refractivity contribution in [1.29, 1.82) is 0 Å². The molecule has 254 valence electrons. The molecule has 1 aliphatic rings. The summed E-state index contributed by atoms with van der Waals surface area (Å²) < 4.78 is 57.2. The van der Waals surface area contributed by atoms with Gasteiger partial charge in [0.2, 0.25) is 10.0 Å². The molecule has 8 heteroatoms. The SMILES string of the molecule is Cc1ccc(S(=O)(=O)N2[C@H](COCc3ccccc3)[C@@H](OCc3ccccc3)[C@H](OCc3ccccc3)[C@@H]2COCc2ccccc2)cc1. The van der Waals surface area contributed by atoms with Gasteiger partial charge in [-0.2, -0.15) is 4.31 Å². The zero-order chi connectivity index (χ0) is 33.9. The van der Waals surface area contributed by atoms with Gasteiger partial charge >= 0.3 is 0 Å². The molecule has 0 amide bonds.